The first-order valence-corrected chi connectivity index (χ1v) is 20.6. The molecule has 0 aromatic carbocycles. The summed E-state index contributed by atoms with van der Waals surface area (Å²) >= 11 is 0. The molecule has 0 aliphatic rings. The topological polar surface area (TPSA) is 119 Å². The van der Waals surface area contributed by atoms with E-state index in [1.165, 1.54) is 51.4 Å². The van der Waals surface area contributed by atoms with Gasteiger partial charge in [-0.25, -0.2) is 4.57 Å². The molecule has 282 valence electrons. The van der Waals surface area contributed by atoms with Crippen LogP contribution in [0.25, 0.3) is 0 Å². The van der Waals surface area contributed by atoms with Gasteiger partial charge in [0, 0.05) is 12.8 Å². The maximum Gasteiger partial charge on any atom is 0.469 e. The van der Waals surface area contributed by atoms with Gasteiger partial charge in [0.05, 0.1) is 6.61 Å². The smallest absolute Gasteiger partial charge is 0.462 e. The molecule has 9 heteroatoms. The van der Waals surface area contributed by atoms with Gasteiger partial charge in [-0.1, -0.05) is 132 Å². The zero-order valence-corrected chi connectivity index (χ0v) is 31.7. The van der Waals surface area contributed by atoms with Crippen LogP contribution >= 0.6 is 7.82 Å². The Bertz CT molecular complexity index is 979. The monoisotopic (exact) mass is 708 g/mol. The Hall–Kier alpha value is -2.25. The zero-order chi connectivity index (χ0) is 36.1. The van der Waals surface area contributed by atoms with Crippen molar-refractivity contribution in [3.63, 3.8) is 0 Å². The molecule has 0 heterocycles. The summed E-state index contributed by atoms with van der Waals surface area (Å²) in [4.78, 5) is 42.7. The van der Waals surface area contributed by atoms with E-state index < -0.39 is 32.5 Å². The predicted octanol–water partition coefficient (Wildman–Crippen LogP) is 11.3. The fourth-order valence-corrected chi connectivity index (χ4v) is 5.31. The average Bonchev–Trinajstić information content (AvgIpc) is 3.07. The molecule has 0 saturated heterocycles. The summed E-state index contributed by atoms with van der Waals surface area (Å²) in [5.41, 5.74) is 0. The van der Waals surface area contributed by atoms with E-state index in [1.807, 2.05) is 0 Å². The third-order valence-electron chi connectivity index (χ3n) is 7.77. The van der Waals surface area contributed by atoms with Gasteiger partial charge in [0.1, 0.15) is 6.61 Å². The Morgan fingerprint density at radius 1 is 0.551 bits per heavy atom. The molecule has 0 aromatic heterocycles. The number of rotatable bonds is 34. The van der Waals surface area contributed by atoms with Gasteiger partial charge in [-0.3, -0.25) is 14.1 Å². The van der Waals surface area contributed by atoms with Crippen LogP contribution < -0.4 is 0 Å². The van der Waals surface area contributed by atoms with Gasteiger partial charge in [0.25, 0.3) is 0 Å². The fourth-order valence-electron chi connectivity index (χ4n) is 4.95. The van der Waals surface area contributed by atoms with E-state index in [0.29, 0.717) is 12.8 Å². The zero-order valence-electron chi connectivity index (χ0n) is 30.8. The summed E-state index contributed by atoms with van der Waals surface area (Å²) < 4.78 is 26.3. The number of unbranched alkanes of at least 4 members (excludes halogenated alkanes) is 14. The van der Waals surface area contributed by atoms with Crippen LogP contribution in [0.3, 0.4) is 0 Å². The second-order valence-electron chi connectivity index (χ2n) is 12.5. The maximum atomic E-state index is 12.4. The molecule has 0 aromatic rings. The summed E-state index contributed by atoms with van der Waals surface area (Å²) in [6.45, 7) is 3.51. The Morgan fingerprint density at radius 3 is 1.53 bits per heavy atom. The van der Waals surface area contributed by atoms with Crippen LogP contribution in [-0.2, 0) is 28.2 Å². The van der Waals surface area contributed by atoms with Crippen LogP contribution in [0.4, 0.5) is 0 Å². The summed E-state index contributed by atoms with van der Waals surface area (Å²) in [5.74, 6) is -0.948. The van der Waals surface area contributed by atoms with Crippen molar-refractivity contribution >= 4 is 19.8 Å². The molecule has 0 fully saturated rings. The number of phosphoric acid groups is 1. The van der Waals surface area contributed by atoms with E-state index in [4.69, 9.17) is 19.3 Å². The lowest BCUT2D eigenvalue weighted by Crippen LogP contribution is -2.29. The molecule has 0 unspecified atom stereocenters. The van der Waals surface area contributed by atoms with Gasteiger partial charge < -0.3 is 19.3 Å². The Morgan fingerprint density at radius 2 is 0.980 bits per heavy atom. The molecule has 0 aliphatic heterocycles. The van der Waals surface area contributed by atoms with E-state index in [9.17, 15) is 14.2 Å². The van der Waals surface area contributed by atoms with Crippen molar-refractivity contribution in [3.8, 4) is 0 Å². The first kappa shape index (κ1) is 46.8. The molecule has 0 amide bonds. The van der Waals surface area contributed by atoms with Crippen molar-refractivity contribution in [3.05, 3.63) is 60.8 Å². The van der Waals surface area contributed by atoms with E-state index in [1.54, 1.807) is 0 Å². The van der Waals surface area contributed by atoms with Crippen LogP contribution in [0.2, 0.25) is 0 Å². The highest BCUT2D eigenvalue weighted by atomic mass is 31.2. The van der Waals surface area contributed by atoms with Crippen molar-refractivity contribution in [2.75, 3.05) is 13.2 Å². The summed E-state index contributed by atoms with van der Waals surface area (Å²) in [6.07, 6.45) is 43.7. The van der Waals surface area contributed by atoms with Gasteiger partial charge in [-0.15, -0.1) is 0 Å². The molecule has 0 saturated carbocycles. The lowest BCUT2D eigenvalue weighted by molar-refractivity contribution is -0.161. The number of allylic oxidation sites excluding steroid dienone is 10. The van der Waals surface area contributed by atoms with Gasteiger partial charge >= 0.3 is 19.8 Å². The SMILES string of the molecule is CC/C=C\C/C=C\C/C=C\C/C=C\CCCCC(=O)OC[C@H](COP(=O)(O)O)OC(=O)CCCCCCC/C=C\CCCCCCCCC. The highest BCUT2D eigenvalue weighted by Crippen LogP contribution is 2.36. The predicted molar refractivity (Wildman–Crippen MR) is 202 cm³/mol. The second-order valence-corrected chi connectivity index (χ2v) is 13.8. The number of esters is 2. The normalized spacial score (nSPS) is 13.1. The number of ether oxygens (including phenoxy) is 2. The van der Waals surface area contributed by atoms with Crippen molar-refractivity contribution in [2.45, 2.75) is 168 Å². The van der Waals surface area contributed by atoms with E-state index in [0.717, 1.165) is 70.6 Å². The van der Waals surface area contributed by atoms with Crippen molar-refractivity contribution < 1.29 is 37.9 Å². The van der Waals surface area contributed by atoms with Gasteiger partial charge in [-0.05, 0) is 77.0 Å². The molecule has 0 spiro atoms. The highest BCUT2D eigenvalue weighted by molar-refractivity contribution is 7.46. The van der Waals surface area contributed by atoms with Crippen LogP contribution in [0.5, 0.6) is 0 Å². The van der Waals surface area contributed by atoms with Crippen LogP contribution in [0, 0.1) is 0 Å². The minimum absolute atomic E-state index is 0.190. The van der Waals surface area contributed by atoms with E-state index in [2.05, 4.69) is 79.1 Å². The molecular formula is C40H69O8P. The van der Waals surface area contributed by atoms with Gasteiger partial charge in [-0.2, -0.15) is 0 Å². The standard InChI is InChI=1S/C40H69O8P/c1-3-5-7-9-11-13-15-17-19-21-23-25-27-29-31-33-35-40(42)48-38(37-47-49(43,44)45)36-46-39(41)34-32-30-28-26-24-22-20-18-16-14-12-10-8-6-4-2/h6,8,12,14,18-21,24,26,38H,3-5,7,9-11,13,15-17,22-23,25,27-37H2,1-2H3,(H2,43,44,45)/b8-6-,14-12-,20-18-,21-19-,26-24-/t38-/m1/s1. The third kappa shape index (κ3) is 38.4. The van der Waals surface area contributed by atoms with Crippen molar-refractivity contribution in [2.24, 2.45) is 0 Å². The van der Waals surface area contributed by atoms with Gasteiger partial charge in [0.15, 0.2) is 6.10 Å². The van der Waals surface area contributed by atoms with Crippen LogP contribution in [0.15, 0.2) is 60.8 Å². The summed E-state index contributed by atoms with van der Waals surface area (Å²) in [6, 6.07) is 0. The average molecular weight is 709 g/mol. The number of carbonyl (C=O) groups excluding carboxylic acids is 2. The highest BCUT2D eigenvalue weighted by Gasteiger charge is 2.22. The lowest BCUT2D eigenvalue weighted by Gasteiger charge is -2.18. The second kappa shape index (κ2) is 35.6. The summed E-state index contributed by atoms with van der Waals surface area (Å²) in [5, 5.41) is 0. The minimum Gasteiger partial charge on any atom is -0.462 e. The summed E-state index contributed by atoms with van der Waals surface area (Å²) in [7, 11) is -4.76. The number of hydrogen-bond donors (Lipinski definition) is 2. The van der Waals surface area contributed by atoms with E-state index >= 15 is 0 Å². The van der Waals surface area contributed by atoms with Gasteiger partial charge in [0.2, 0.25) is 0 Å². The van der Waals surface area contributed by atoms with Crippen LogP contribution in [0.1, 0.15) is 162 Å². The molecule has 0 radical (unpaired) electrons. The third-order valence-corrected chi connectivity index (χ3v) is 8.26. The quantitative estimate of drug-likeness (QED) is 0.0293. The number of hydrogen-bond acceptors (Lipinski definition) is 6. The minimum atomic E-state index is -4.76. The Kier molecular flexibility index (Phi) is 33.9. The van der Waals surface area contributed by atoms with Crippen LogP contribution in [-0.4, -0.2) is 41.0 Å². The first-order valence-electron chi connectivity index (χ1n) is 19.1. The fraction of sp³-hybridized carbons (Fsp3) is 0.700. The molecule has 8 nitrogen and oxygen atoms in total. The first-order chi connectivity index (χ1) is 23.8. The molecule has 1 atom stereocenters. The van der Waals surface area contributed by atoms with Crippen molar-refractivity contribution in [1.82, 2.24) is 0 Å². The molecule has 0 aliphatic carbocycles. The maximum absolute atomic E-state index is 12.4. The Balaban J connectivity index is 4.05. The molecule has 2 N–H and O–H groups in total. The Labute approximate surface area is 298 Å². The molecule has 0 rings (SSSR count). The molecule has 0 bridgehead atoms. The lowest BCUT2D eigenvalue weighted by atomic mass is 10.1. The number of phosphoric ester groups is 1. The largest absolute Gasteiger partial charge is 0.469 e. The van der Waals surface area contributed by atoms with E-state index in [-0.39, 0.29) is 19.4 Å². The number of carbonyl (C=O) groups is 2. The molecular weight excluding hydrogens is 639 g/mol. The van der Waals surface area contributed by atoms with Crippen molar-refractivity contribution in [1.29, 1.82) is 0 Å². The molecule has 49 heavy (non-hydrogen) atoms.